The molecule has 0 radical (unpaired) electrons. The van der Waals surface area contributed by atoms with Crippen molar-refractivity contribution in [2.24, 2.45) is 0 Å². The lowest BCUT2D eigenvalue weighted by Gasteiger charge is -2.32. The second-order valence-corrected chi connectivity index (χ2v) is 5.97. The van der Waals surface area contributed by atoms with Gasteiger partial charge in [-0.05, 0) is 25.0 Å². The Bertz CT molecular complexity index is 896. The number of hydrogen-bond donors (Lipinski definition) is 0. The van der Waals surface area contributed by atoms with Crippen LogP contribution >= 0.6 is 0 Å². The van der Waals surface area contributed by atoms with Crippen molar-refractivity contribution in [2.75, 3.05) is 25.1 Å². The summed E-state index contributed by atoms with van der Waals surface area (Å²) in [5, 5.41) is 9.52. The third kappa shape index (κ3) is 2.90. The van der Waals surface area contributed by atoms with Gasteiger partial charge in [-0.15, -0.1) is 5.10 Å². The van der Waals surface area contributed by atoms with Crippen molar-refractivity contribution >= 4 is 22.7 Å². The first-order valence-electron chi connectivity index (χ1n) is 8.21. The Labute approximate surface area is 144 Å². The van der Waals surface area contributed by atoms with E-state index in [-0.39, 0.29) is 11.7 Å². The summed E-state index contributed by atoms with van der Waals surface area (Å²) in [4.78, 5) is 24.2. The molecule has 0 unspecified atom stereocenters. The van der Waals surface area contributed by atoms with Crippen molar-refractivity contribution in [1.82, 2.24) is 25.0 Å². The molecule has 0 amide bonds. The van der Waals surface area contributed by atoms with Gasteiger partial charge in [0.05, 0.1) is 24.9 Å². The quantitative estimate of drug-likeness (QED) is 0.674. The van der Waals surface area contributed by atoms with Crippen molar-refractivity contribution in [1.29, 1.82) is 0 Å². The van der Waals surface area contributed by atoms with Crippen LogP contribution in [-0.4, -0.2) is 51.1 Å². The molecule has 3 heterocycles. The first-order valence-corrected chi connectivity index (χ1v) is 8.21. The Balaban J connectivity index is 1.49. The number of fused-ring (bicyclic) bond motifs is 1. The van der Waals surface area contributed by atoms with Crippen LogP contribution < -0.4 is 4.90 Å². The first kappa shape index (κ1) is 15.5. The number of hydrogen-bond acceptors (Lipinski definition) is 7. The maximum Gasteiger partial charge on any atom is 0.360 e. The molecule has 8 heteroatoms. The number of carbonyl (C=O) groups excluding carboxylic acids is 1. The molecule has 0 spiro atoms. The number of anilines is 1. The lowest BCUT2D eigenvalue weighted by molar-refractivity contribution is 0.0592. The van der Waals surface area contributed by atoms with E-state index in [1.54, 1.807) is 11.1 Å². The van der Waals surface area contributed by atoms with Crippen LogP contribution in [-0.2, 0) is 4.74 Å². The largest absolute Gasteiger partial charge is 0.464 e. The second kappa shape index (κ2) is 6.46. The van der Waals surface area contributed by atoms with Gasteiger partial charge >= 0.3 is 5.97 Å². The van der Waals surface area contributed by atoms with Crippen molar-refractivity contribution in [2.45, 2.75) is 18.9 Å². The highest BCUT2D eigenvalue weighted by Crippen LogP contribution is 2.28. The minimum Gasteiger partial charge on any atom is -0.464 e. The summed E-state index contributed by atoms with van der Waals surface area (Å²) in [5.41, 5.74) is 1.19. The molecule has 0 aliphatic carbocycles. The third-order valence-electron chi connectivity index (χ3n) is 4.52. The Morgan fingerprint density at radius 3 is 2.80 bits per heavy atom. The summed E-state index contributed by atoms with van der Waals surface area (Å²) in [5.74, 6) is 0.504. The molecule has 128 valence electrons. The summed E-state index contributed by atoms with van der Waals surface area (Å²) >= 11 is 0. The van der Waals surface area contributed by atoms with E-state index in [4.69, 9.17) is 0 Å². The van der Waals surface area contributed by atoms with Crippen LogP contribution in [0.2, 0.25) is 0 Å². The van der Waals surface area contributed by atoms with Gasteiger partial charge in [0.1, 0.15) is 12.1 Å². The van der Waals surface area contributed by atoms with Crippen LogP contribution in [0.1, 0.15) is 29.4 Å². The Morgan fingerprint density at radius 2 is 2.00 bits per heavy atom. The molecule has 4 rings (SSSR count). The van der Waals surface area contributed by atoms with Crippen molar-refractivity contribution in [3.63, 3.8) is 0 Å². The molecule has 1 fully saturated rings. The van der Waals surface area contributed by atoms with Crippen molar-refractivity contribution < 1.29 is 9.53 Å². The molecule has 1 aliphatic rings. The summed E-state index contributed by atoms with van der Waals surface area (Å²) in [6.07, 6.45) is 4.83. The van der Waals surface area contributed by atoms with E-state index in [0.29, 0.717) is 0 Å². The topological polar surface area (TPSA) is 86.0 Å². The fourth-order valence-electron chi connectivity index (χ4n) is 3.20. The number of methoxy groups -OCH3 is 1. The molecule has 25 heavy (non-hydrogen) atoms. The number of aromatic nitrogens is 5. The highest BCUT2D eigenvalue weighted by Gasteiger charge is 2.25. The van der Waals surface area contributed by atoms with E-state index >= 15 is 0 Å². The van der Waals surface area contributed by atoms with Crippen LogP contribution in [0.5, 0.6) is 0 Å². The maximum atomic E-state index is 11.5. The van der Waals surface area contributed by atoms with Crippen LogP contribution in [0.4, 0.5) is 5.82 Å². The maximum absolute atomic E-state index is 11.5. The number of para-hydroxylation sites is 1. The number of piperidine rings is 1. The summed E-state index contributed by atoms with van der Waals surface area (Å²) < 4.78 is 4.68. The van der Waals surface area contributed by atoms with E-state index in [2.05, 4.69) is 35.9 Å². The third-order valence-corrected chi connectivity index (χ3v) is 4.52. The zero-order valence-electron chi connectivity index (χ0n) is 13.9. The Kier molecular flexibility index (Phi) is 4.01. The number of nitrogens with zero attached hydrogens (tertiary/aromatic N) is 6. The summed E-state index contributed by atoms with van der Waals surface area (Å²) in [6.45, 7) is 1.70. The predicted molar refractivity (Wildman–Crippen MR) is 91.4 cm³/mol. The van der Waals surface area contributed by atoms with E-state index in [1.807, 2.05) is 18.2 Å². The zero-order valence-corrected chi connectivity index (χ0v) is 13.9. The van der Waals surface area contributed by atoms with Gasteiger partial charge in [0.15, 0.2) is 5.69 Å². The molecule has 1 saturated heterocycles. The normalized spacial score (nSPS) is 15.5. The minimum atomic E-state index is -0.462. The number of ether oxygens (including phenoxy) is 1. The lowest BCUT2D eigenvalue weighted by Crippen LogP contribution is -2.36. The minimum absolute atomic E-state index is 0.169. The van der Waals surface area contributed by atoms with E-state index < -0.39 is 5.97 Å². The van der Waals surface area contributed by atoms with Crippen molar-refractivity contribution in [3.05, 3.63) is 42.5 Å². The number of esters is 1. The lowest BCUT2D eigenvalue weighted by atomic mass is 10.1. The van der Waals surface area contributed by atoms with Gasteiger partial charge in [-0.1, -0.05) is 12.1 Å². The fraction of sp³-hybridized carbons (Fsp3) is 0.353. The highest BCUT2D eigenvalue weighted by molar-refractivity contribution is 5.89. The van der Waals surface area contributed by atoms with E-state index in [9.17, 15) is 4.79 Å². The van der Waals surface area contributed by atoms with Gasteiger partial charge in [0.25, 0.3) is 0 Å². The van der Waals surface area contributed by atoms with Crippen LogP contribution in [0.15, 0.2) is 36.8 Å². The smallest absolute Gasteiger partial charge is 0.360 e. The Hall–Kier alpha value is -3.03. The monoisotopic (exact) mass is 338 g/mol. The molecule has 0 bridgehead atoms. The average Bonchev–Trinajstić information content (AvgIpc) is 3.17. The number of rotatable bonds is 3. The van der Waals surface area contributed by atoms with Gasteiger partial charge < -0.3 is 9.64 Å². The van der Waals surface area contributed by atoms with Gasteiger partial charge in [-0.25, -0.2) is 14.8 Å². The van der Waals surface area contributed by atoms with Crippen molar-refractivity contribution in [3.8, 4) is 0 Å². The molecule has 0 saturated carbocycles. The number of carbonyl (C=O) groups is 1. The first-order chi connectivity index (χ1) is 12.3. The van der Waals surface area contributed by atoms with Crippen LogP contribution in [0.25, 0.3) is 10.9 Å². The molecule has 1 aromatic carbocycles. The fourth-order valence-corrected chi connectivity index (χ4v) is 3.20. The molecular weight excluding hydrogens is 320 g/mol. The predicted octanol–water partition coefficient (Wildman–Crippen LogP) is 1.85. The zero-order chi connectivity index (χ0) is 17.2. The van der Waals surface area contributed by atoms with Crippen LogP contribution in [0.3, 0.4) is 0 Å². The number of benzene rings is 1. The average molecular weight is 338 g/mol. The standard InChI is InChI=1S/C17H18N6O2/c1-25-17(24)15-10-20-23(21-15)12-6-8-22(9-7-12)16-13-4-2-3-5-14(13)18-11-19-16/h2-5,10-12H,6-9H2,1H3. The van der Waals surface area contributed by atoms with Gasteiger partial charge in [0, 0.05) is 18.5 Å². The van der Waals surface area contributed by atoms with Crippen LogP contribution in [0, 0.1) is 0 Å². The molecular formula is C17H18N6O2. The molecule has 0 N–H and O–H groups in total. The second-order valence-electron chi connectivity index (χ2n) is 5.97. The molecule has 8 nitrogen and oxygen atoms in total. The highest BCUT2D eigenvalue weighted by atomic mass is 16.5. The van der Waals surface area contributed by atoms with Gasteiger partial charge in [0.2, 0.25) is 0 Å². The van der Waals surface area contributed by atoms with Gasteiger partial charge in [-0.2, -0.15) is 9.90 Å². The van der Waals surface area contributed by atoms with E-state index in [1.165, 1.54) is 13.3 Å². The molecule has 3 aromatic rings. The summed E-state index contributed by atoms with van der Waals surface area (Å²) in [7, 11) is 1.34. The van der Waals surface area contributed by atoms with E-state index in [0.717, 1.165) is 42.7 Å². The van der Waals surface area contributed by atoms with Gasteiger partial charge in [-0.3, -0.25) is 0 Å². The SMILES string of the molecule is COC(=O)c1cnn(C2CCN(c3ncnc4ccccc34)CC2)n1. The molecule has 0 atom stereocenters. The molecule has 2 aromatic heterocycles. The Morgan fingerprint density at radius 1 is 1.20 bits per heavy atom. The summed E-state index contributed by atoms with van der Waals surface area (Å²) in [6, 6.07) is 8.20. The molecule has 1 aliphatic heterocycles.